The van der Waals surface area contributed by atoms with Gasteiger partial charge in [0.2, 0.25) is 0 Å². The Morgan fingerprint density at radius 1 is 1.27 bits per heavy atom. The molecule has 1 rings (SSSR count). The molecule has 0 atom stereocenters. The van der Waals surface area contributed by atoms with Crippen molar-refractivity contribution >= 4 is 5.91 Å². The van der Waals surface area contributed by atoms with Crippen LogP contribution in [0.3, 0.4) is 0 Å². The molecule has 1 amide bonds. The number of benzene rings is 1. The van der Waals surface area contributed by atoms with Crippen molar-refractivity contribution in [3.05, 3.63) is 47.7 Å². The molecule has 0 bridgehead atoms. The fourth-order valence-electron chi connectivity index (χ4n) is 1.88. The summed E-state index contributed by atoms with van der Waals surface area (Å²) < 4.78 is 4.90. The molecule has 0 spiro atoms. The summed E-state index contributed by atoms with van der Waals surface area (Å²) in [6, 6.07) is 12.1. The van der Waals surface area contributed by atoms with Crippen LogP contribution in [0.1, 0.15) is 18.4 Å². The molecule has 0 unspecified atom stereocenters. The molecule has 0 aromatic heterocycles. The zero-order chi connectivity index (χ0) is 16.0. The summed E-state index contributed by atoms with van der Waals surface area (Å²) in [5, 5.41) is 14.7. The number of hydrogen-bond donors (Lipinski definition) is 2. The Labute approximate surface area is 132 Å². The van der Waals surface area contributed by atoms with Gasteiger partial charge >= 0.3 is 0 Å². The summed E-state index contributed by atoms with van der Waals surface area (Å²) in [5.74, 6) is -0.353. The average Bonchev–Trinajstić information content (AvgIpc) is 2.55. The van der Waals surface area contributed by atoms with E-state index in [1.54, 1.807) is 7.11 Å². The number of nitriles is 1. The first-order chi connectivity index (χ1) is 10.8. The van der Waals surface area contributed by atoms with Gasteiger partial charge in [-0.05, 0) is 24.8 Å². The molecule has 22 heavy (non-hydrogen) atoms. The van der Waals surface area contributed by atoms with Gasteiger partial charge in [0, 0.05) is 33.0 Å². The van der Waals surface area contributed by atoms with Crippen molar-refractivity contribution < 1.29 is 9.53 Å². The zero-order valence-corrected chi connectivity index (χ0v) is 13.0. The molecule has 1 aromatic carbocycles. The van der Waals surface area contributed by atoms with Gasteiger partial charge in [-0.25, -0.2) is 0 Å². The highest BCUT2D eigenvalue weighted by atomic mass is 16.5. The van der Waals surface area contributed by atoms with E-state index in [1.165, 1.54) is 11.8 Å². The van der Waals surface area contributed by atoms with Crippen LogP contribution in [0.4, 0.5) is 0 Å². The van der Waals surface area contributed by atoms with E-state index in [-0.39, 0.29) is 11.5 Å². The number of methoxy groups -OCH3 is 1. The van der Waals surface area contributed by atoms with Gasteiger partial charge in [0.05, 0.1) is 0 Å². The Hall–Kier alpha value is -2.32. The summed E-state index contributed by atoms with van der Waals surface area (Å²) in [7, 11) is 1.61. The monoisotopic (exact) mass is 301 g/mol. The first kappa shape index (κ1) is 17.7. The number of nitrogens with zero attached hydrogens (tertiary/aromatic N) is 1. The highest BCUT2D eigenvalue weighted by Crippen LogP contribution is 2.01. The van der Waals surface area contributed by atoms with Crippen molar-refractivity contribution in [1.29, 1.82) is 5.26 Å². The number of amides is 1. The Morgan fingerprint density at radius 2 is 2.05 bits per heavy atom. The van der Waals surface area contributed by atoms with E-state index in [9.17, 15) is 4.79 Å². The van der Waals surface area contributed by atoms with Gasteiger partial charge < -0.3 is 15.4 Å². The largest absolute Gasteiger partial charge is 0.390 e. The van der Waals surface area contributed by atoms with E-state index in [0.29, 0.717) is 13.2 Å². The van der Waals surface area contributed by atoms with E-state index >= 15 is 0 Å². The van der Waals surface area contributed by atoms with Crippen molar-refractivity contribution in [2.45, 2.75) is 19.3 Å². The molecule has 5 nitrogen and oxygen atoms in total. The fraction of sp³-hybridized carbons (Fsp3) is 0.412. The number of ether oxygens (including phenoxy) is 1. The minimum Gasteiger partial charge on any atom is -0.390 e. The quantitative estimate of drug-likeness (QED) is 0.392. The van der Waals surface area contributed by atoms with Gasteiger partial charge in [-0.3, -0.25) is 4.79 Å². The molecule has 0 aliphatic heterocycles. The van der Waals surface area contributed by atoms with Crippen LogP contribution >= 0.6 is 0 Å². The van der Waals surface area contributed by atoms with Crippen molar-refractivity contribution in [2.24, 2.45) is 0 Å². The molecule has 0 radical (unpaired) electrons. The third-order valence-corrected chi connectivity index (χ3v) is 3.05. The second kappa shape index (κ2) is 11.4. The maximum absolute atomic E-state index is 11.7. The SMILES string of the molecule is COCCCNC(=O)/C(C#N)=C\NCCCc1ccccc1. The second-order valence-electron chi connectivity index (χ2n) is 4.82. The van der Waals surface area contributed by atoms with E-state index in [1.807, 2.05) is 24.3 Å². The maximum atomic E-state index is 11.7. The Balaban J connectivity index is 2.24. The van der Waals surface area contributed by atoms with E-state index in [2.05, 4.69) is 22.8 Å². The molecule has 118 valence electrons. The molecule has 0 aliphatic carbocycles. The number of carbonyl (C=O) groups is 1. The molecular formula is C17H23N3O2. The van der Waals surface area contributed by atoms with Crippen LogP contribution in [0.5, 0.6) is 0 Å². The van der Waals surface area contributed by atoms with Crippen molar-refractivity contribution in [3.63, 3.8) is 0 Å². The molecule has 0 heterocycles. The number of carbonyl (C=O) groups excluding carboxylic acids is 1. The standard InChI is InChI=1S/C17H23N3O2/c1-22-12-6-11-20-17(21)16(13-18)14-19-10-5-9-15-7-3-2-4-8-15/h2-4,7-8,14,19H,5-6,9-12H2,1H3,(H,20,21)/b16-14-. The summed E-state index contributed by atoms with van der Waals surface area (Å²) in [5.41, 5.74) is 1.38. The van der Waals surface area contributed by atoms with Gasteiger partial charge in [0.1, 0.15) is 11.6 Å². The van der Waals surface area contributed by atoms with Crippen LogP contribution in [-0.2, 0) is 16.0 Å². The molecule has 1 aromatic rings. The van der Waals surface area contributed by atoms with Crippen LogP contribution in [0.25, 0.3) is 0 Å². The molecule has 0 saturated carbocycles. The lowest BCUT2D eigenvalue weighted by Crippen LogP contribution is -2.27. The molecule has 2 N–H and O–H groups in total. The Kier molecular flexibility index (Phi) is 9.15. The number of aryl methyl sites for hydroxylation is 1. The maximum Gasteiger partial charge on any atom is 0.263 e. The topological polar surface area (TPSA) is 74.1 Å². The highest BCUT2D eigenvalue weighted by Gasteiger charge is 2.07. The van der Waals surface area contributed by atoms with E-state index in [0.717, 1.165) is 25.8 Å². The molecule has 0 fully saturated rings. The minimum atomic E-state index is -0.353. The third kappa shape index (κ3) is 7.46. The smallest absolute Gasteiger partial charge is 0.263 e. The Bertz CT molecular complexity index is 506. The molecule has 0 aliphatic rings. The zero-order valence-electron chi connectivity index (χ0n) is 13.0. The summed E-state index contributed by atoms with van der Waals surface area (Å²) in [6.07, 6.45) is 4.11. The predicted octanol–water partition coefficient (Wildman–Crippen LogP) is 1.77. The van der Waals surface area contributed by atoms with Crippen molar-refractivity contribution in [2.75, 3.05) is 26.8 Å². The van der Waals surface area contributed by atoms with Gasteiger partial charge in [-0.2, -0.15) is 5.26 Å². The number of hydrogen-bond acceptors (Lipinski definition) is 4. The summed E-state index contributed by atoms with van der Waals surface area (Å²) >= 11 is 0. The van der Waals surface area contributed by atoms with Gasteiger partial charge in [-0.1, -0.05) is 30.3 Å². The lowest BCUT2D eigenvalue weighted by molar-refractivity contribution is -0.117. The van der Waals surface area contributed by atoms with Crippen molar-refractivity contribution in [1.82, 2.24) is 10.6 Å². The third-order valence-electron chi connectivity index (χ3n) is 3.05. The number of rotatable bonds is 10. The van der Waals surface area contributed by atoms with Crippen LogP contribution in [0, 0.1) is 11.3 Å². The predicted molar refractivity (Wildman–Crippen MR) is 86.0 cm³/mol. The minimum absolute atomic E-state index is 0.0946. The Morgan fingerprint density at radius 3 is 2.73 bits per heavy atom. The molecular weight excluding hydrogens is 278 g/mol. The lowest BCUT2D eigenvalue weighted by Gasteiger charge is -2.05. The lowest BCUT2D eigenvalue weighted by atomic mass is 10.1. The summed E-state index contributed by atoms with van der Waals surface area (Å²) in [6.45, 7) is 1.81. The highest BCUT2D eigenvalue weighted by molar-refractivity contribution is 5.97. The fourth-order valence-corrected chi connectivity index (χ4v) is 1.88. The first-order valence-corrected chi connectivity index (χ1v) is 7.42. The van der Waals surface area contributed by atoms with Crippen molar-refractivity contribution in [3.8, 4) is 6.07 Å². The normalized spacial score (nSPS) is 10.8. The van der Waals surface area contributed by atoms with Crippen LogP contribution in [0.2, 0.25) is 0 Å². The van der Waals surface area contributed by atoms with Gasteiger partial charge in [-0.15, -0.1) is 0 Å². The number of nitrogens with one attached hydrogen (secondary N) is 2. The molecule has 5 heteroatoms. The van der Waals surface area contributed by atoms with Gasteiger partial charge in [0.15, 0.2) is 0 Å². The first-order valence-electron chi connectivity index (χ1n) is 7.42. The summed E-state index contributed by atoms with van der Waals surface area (Å²) in [4.78, 5) is 11.7. The van der Waals surface area contributed by atoms with Gasteiger partial charge in [0.25, 0.3) is 5.91 Å². The average molecular weight is 301 g/mol. The molecule has 0 saturated heterocycles. The second-order valence-corrected chi connectivity index (χ2v) is 4.82. The van der Waals surface area contributed by atoms with E-state index < -0.39 is 0 Å². The van der Waals surface area contributed by atoms with Crippen LogP contribution in [-0.4, -0.2) is 32.7 Å². The van der Waals surface area contributed by atoms with Crippen LogP contribution in [0.15, 0.2) is 42.1 Å². The van der Waals surface area contributed by atoms with Crippen LogP contribution < -0.4 is 10.6 Å². The van der Waals surface area contributed by atoms with E-state index in [4.69, 9.17) is 10.00 Å².